The third kappa shape index (κ3) is 34.3. The topological polar surface area (TPSA) is 34.1 Å². The normalized spacial score (nSPS) is 27.1. The van der Waals surface area contributed by atoms with Crippen molar-refractivity contribution in [2.75, 3.05) is 0 Å². The number of carbonyl (C=O) groups excluding carboxylic acids is 2. The predicted molar refractivity (Wildman–Crippen MR) is 243 cm³/mol. The molecule has 4 aliphatic carbocycles. The van der Waals surface area contributed by atoms with E-state index in [-0.39, 0.29) is 0 Å². The highest BCUT2D eigenvalue weighted by Gasteiger charge is 2.35. The van der Waals surface area contributed by atoms with Crippen molar-refractivity contribution in [2.24, 2.45) is 11.8 Å². The van der Waals surface area contributed by atoms with Crippen LogP contribution in [0, 0.1) is 11.8 Å². The Morgan fingerprint density at radius 2 is 0.545 bits per heavy atom. The number of carbonyl (C=O) groups is 2. The summed E-state index contributed by atoms with van der Waals surface area (Å²) in [7, 11) is 0. The lowest BCUT2D eigenvalue weighted by atomic mass is 10.0. The average molecular weight is 763 g/mol. The molecule has 4 aliphatic rings. The van der Waals surface area contributed by atoms with E-state index in [1.165, 1.54) is 224 Å². The van der Waals surface area contributed by atoms with Gasteiger partial charge in [0, 0.05) is 25.7 Å². The maximum absolute atomic E-state index is 11.6. The van der Waals surface area contributed by atoms with E-state index in [9.17, 15) is 9.59 Å². The van der Waals surface area contributed by atoms with Gasteiger partial charge in [0.1, 0.15) is 11.6 Å². The number of allylic oxidation sites excluding steroid dienone is 5. The Morgan fingerprint density at radius 3 is 0.855 bits per heavy atom. The van der Waals surface area contributed by atoms with E-state index >= 15 is 0 Å². The SMILES string of the molecule is C=C1CCCCCCCC2CC2CCCCCCC1.O=C1CCCCCCC/C=C/CCCCCCC1.O=C1CCCCCCC/C=C\CCCCCCC1. The third-order valence-corrected chi connectivity index (χ3v) is 12.9. The van der Waals surface area contributed by atoms with Crippen molar-refractivity contribution in [3.8, 4) is 0 Å². The van der Waals surface area contributed by atoms with Crippen molar-refractivity contribution in [3.63, 3.8) is 0 Å². The molecule has 2 unspecified atom stereocenters. The number of ketones is 2. The van der Waals surface area contributed by atoms with Gasteiger partial charge in [0.2, 0.25) is 0 Å². The summed E-state index contributed by atoms with van der Waals surface area (Å²) in [5.41, 5.74) is 1.52. The minimum absolute atomic E-state index is 0.501. The first-order valence-corrected chi connectivity index (χ1v) is 25.1. The van der Waals surface area contributed by atoms with Crippen LogP contribution >= 0.6 is 0 Å². The van der Waals surface area contributed by atoms with Crippen LogP contribution in [-0.4, -0.2) is 11.6 Å². The molecule has 2 saturated carbocycles. The second-order valence-corrected chi connectivity index (χ2v) is 18.4. The quantitative estimate of drug-likeness (QED) is 0.230. The molecule has 2 atom stereocenters. The summed E-state index contributed by atoms with van der Waals surface area (Å²) in [6, 6.07) is 0. The fourth-order valence-electron chi connectivity index (χ4n) is 8.95. The molecular weight excluding hydrogens is 669 g/mol. The van der Waals surface area contributed by atoms with Crippen LogP contribution in [0.25, 0.3) is 0 Å². The minimum atomic E-state index is 0.501. The molecule has 0 aromatic carbocycles. The van der Waals surface area contributed by atoms with Gasteiger partial charge in [-0.05, 0) is 121 Å². The molecule has 0 saturated heterocycles. The van der Waals surface area contributed by atoms with Crippen LogP contribution in [0.15, 0.2) is 36.5 Å². The third-order valence-electron chi connectivity index (χ3n) is 12.9. The minimum Gasteiger partial charge on any atom is -0.300 e. The Hall–Kier alpha value is -1.44. The van der Waals surface area contributed by atoms with Gasteiger partial charge in [-0.15, -0.1) is 0 Å². The zero-order chi connectivity index (χ0) is 39.1. The highest BCUT2D eigenvalue weighted by molar-refractivity contribution is 5.78. The molecule has 318 valence electrons. The first-order chi connectivity index (χ1) is 27.1. The molecule has 0 amide bonds. The maximum Gasteiger partial charge on any atom is 0.132 e. The van der Waals surface area contributed by atoms with E-state index in [2.05, 4.69) is 30.9 Å². The van der Waals surface area contributed by atoms with Gasteiger partial charge in [-0.3, -0.25) is 9.59 Å². The highest BCUT2D eigenvalue weighted by atomic mass is 16.1. The summed E-state index contributed by atoms with van der Waals surface area (Å²) in [5, 5.41) is 0. The molecule has 55 heavy (non-hydrogen) atoms. The van der Waals surface area contributed by atoms with Gasteiger partial charge in [0.25, 0.3) is 0 Å². The van der Waals surface area contributed by atoms with Crippen molar-refractivity contribution >= 4 is 11.6 Å². The summed E-state index contributed by atoms with van der Waals surface area (Å²) in [4.78, 5) is 23.2. The second-order valence-electron chi connectivity index (χ2n) is 18.4. The Bertz CT molecular complexity index is 839. The first-order valence-electron chi connectivity index (χ1n) is 25.1. The van der Waals surface area contributed by atoms with E-state index in [0.29, 0.717) is 11.6 Å². The average Bonchev–Trinajstić information content (AvgIpc) is 3.93. The monoisotopic (exact) mass is 763 g/mol. The number of rotatable bonds is 0. The van der Waals surface area contributed by atoms with Crippen LogP contribution in [0.4, 0.5) is 0 Å². The van der Waals surface area contributed by atoms with Crippen LogP contribution in [0.5, 0.6) is 0 Å². The van der Waals surface area contributed by atoms with Crippen molar-refractivity contribution in [1.82, 2.24) is 0 Å². The van der Waals surface area contributed by atoms with Crippen LogP contribution in [-0.2, 0) is 9.59 Å². The fourth-order valence-corrected chi connectivity index (χ4v) is 8.95. The molecule has 0 aromatic rings. The van der Waals surface area contributed by atoms with Crippen LogP contribution in [0.1, 0.15) is 276 Å². The van der Waals surface area contributed by atoms with Crippen LogP contribution < -0.4 is 0 Å². The van der Waals surface area contributed by atoms with E-state index in [0.717, 1.165) is 63.2 Å². The van der Waals surface area contributed by atoms with Crippen LogP contribution in [0.2, 0.25) is 0 Å². The highest BCUT2D eigenvalue weighted by Crippen LogP contribution is 2.45. The van der Waals surface area contributed by atoms with Crippen molar-refractivity contribution in [2.45, 2.75) is 276 Å². The van der Waals surface area contributed by atoms with Gasteiger partial charge in [0.05, 0.1) is 0 Å². The van der Waals surface area contributed by atoms with Crippen LogP contribution in [0.3, 0.4) is 0 Å². The fraction of sp³-hybridized carbons (Fsp3) is 0.849. The smallest absolute Gasteiger partial charge is 0.132 e. The lowest BCUT2D eigenvalue weighted by Crippen LogP contribution is -1.97. The van der Waals surface area contributed by atoms with E-state index in [1.807, 2.05) is 0 Å². The standard InChI is InChI=1S/C19H34.2C17H30O/c1-17-12-8-4-2-6-10-14-18-16-19(18)15-11-7-3-5-9-13-17;2*18-17-15-13-11-9-7-5-3-1-2-4-6-8-10-12-14-16-17/h18-19H,1-16H2;2*1-2H,3-16H2/b;2-1+;2-1-. The molecule has 0 spiro atoms. The molecule has 0 aliphatic heterocycles. The predicted octanol–water partition coefficient (Wildman–Crippen LogP) is 17.8. The largest absolute Gasteiger partial charge is 0.300 e. The summed E-state index contributed by atoms with van der Waals surface area (Å²) >= 11 is 0. The zero-order valence-electron chi connectivity index (χ0n) is 36.9. The number of fused-ring (bicyclic) bond motifs is 1. The molecule has 2 heteroatoms. The Balaban J connectivity index is 0.000000285. The Morgan fingerprint density at radius 1 is 0.309 bits per heavy atom. The summed E-state index contributed by atoms with van der Waals surface area (Å²) < 4.78 is 0. The first kappa shape index (κ1) is 49.7. The number of hydrogen-bond acceptors (Lipinski definition) is 2. The summed E-state index contributed by atoms with van der Waals surface area (Å²) in [6.45, 7) is 4.25. The molecule has 4 rings (SSSR count). The Kier molecular flexibility index (Phi) is 34.4. The molecular formula is C53H94O2. The van der Waals surface area contributed by atoms with Crippen molar-refractivity contribution < 1.29 is 9.59 Å². The molecule has 0 heterocycles. The van der Waals surface area contributed by atoms with Gasteiger partial charge in [0.15, 0.2) is 0 Å². The van der Waals surface area contributed by atoms with Crippen molar-refractivity contribution in [3.05, 3.63) is 36.5 Å². The Labute approximate surface area is 344 Å². The summed E-state index contributed by atoms with van der Waals surface area (Å²) in [6.07, 6.45) is 64.9. The molecule has 2 fully saturated rings. The molecule has 2 nitrogen and oxygen atoms in total. The number of hydrogen-bond donors (Lipinski definition) is 0. The second kappa shape index (κ2) is 38.1. The van der Waals surface area contributed by atoms with Gasteiger partial charge in [-0.2, -0.15) is 0 Å². The van der Waals surface area contributed by atoms with Gasteiger partial charge in [-0.25, -0.2) is 0 Å². The number of Topliss-reactive ketones (excluding diaryl/α,β-unsaturated/α-hetero) is 2. The van der Waals surface area contributed by atoms with Crippen molar-refractivity contribution in [1.29, 1.82) is 0 Å². The molecule has 0 bridgehead atoms. The van der Waals surface area contributed by atoms with Gasteiger partial charge >= 0.3 is 0 Å². The summed E-state index contributed by atoms with van der Waals surface area (Å²) in [5.74, 6) is 3.27. The lowest BCUT2D eigenvalue weighted by Gasteiger charge is -2.06. The molecule has 0 aromatic heterocycles. The van der Waals surface area contributed by atoms with Gasteiger partial charge < -0.3 is 0 Å². The zero-order valence-corrected chi connectivity index (χ0v) is 36.9. The van der Waals surface area contributed by atoms with Gasteiger partial charge in [-0.1, -0.05) is 178 Å². The lowest BCUT2D eigenvalue weighted by molar-refractivity contribution is -0.120. The molecule has 0 radical (unpaired) electrons. The maximum atomic E-state index is 11.6. The molecule has 0 N–H and O–H groups in total. The van der Waals surface area contributed by atoms with E-state index in [4.69, 9.17) is 0 Å². The van der Waals surface area contributed by atoms with E-state index in [1.54, 1.807) is 6.42 Å². The van der Waals surface area contributed by atoms with E-state index < -0.39 is 0 Å².